The van der Waals surface area contributed by atoms with E-state index < -0.39 is 11.7 Å². The van der Waals surface area contributed by atoms with Crippen LogP contribution in [0.1, 0.15) is 36.0 Å². The lowest BCUT2D eigenvalue weighted by Crippen LogP contribution is -2.38. The number of halogens is 2. The molecule has 0 radical (unpaired) electrons. The highest BCUT2D eigenvalue weighted by Gasteiger charge is 2.22. The SMILES string of the molecule is O=C(NC1CCC(O)CC1)c1cc(Br)ccc1F. The standard InChI is InChI=1S/C13H15BrFNO2/c14-8-1-6-12(15)11(7-8)13(18)16-9-2-4-10(17)5-3-9/h1,6-7,9-10,17H,2-5H2,(H,16,18). The Morgan fingerprint density at radius 2 is 2.00 bits per heavy atom. The molecule has 1 aliphatic rings. The molecular weight excluding hydrogens is 301 g/mol. The Hall–Kier alpha value is -0.940. The fourth-order valence-electron chi connectivity index (χ4n) is 2.15. The fraction of sp³-hybridized carbons (Fsp3) is 0.462. The van der Waals surface area contributed by atoms with Crippen molar-refractivity contribution in [1.29, 1.82) is 0 Å². The van der Waals surface area contributed by atoms with E-state index in [2.05, 4.69) is 21.2 Å². The van der Waals surface area contributed by atoms with Crippen molar-refractivity contribution in [1.82, 2.24) is 5.32 Å². The highest BCUT2D eigenvalue weighted by Crippen LogP contribution is 2.20. The van der Waals surface area contributed by atoms with Crippen LogP contribution in [0.4, 0.5) is 4.39 Å². The summed E-state index contributed by atoms with van der Waals surface area (Å²) in [6.07, 6.45) is 2.59. The van der Waals surface area contributed by atoms with Crippen LogP contribution in [0.25, 0.3) is 0 Å². The Kier molecular flexibility index (Phi) is 4.35. The number of amides is 1. The third-order valence-corrected chi connectivity index (χ3v) is 3.70. The van der Waals surface area contributed by atoms with Gasteiger partial charge in [-0.1, -0.05) is 15.9 Å². The van der Waals surface area contributed by atoms with Gasteiger partial charge in [-0.3, -0.25) is 4.79 Å². The maximum Gasteiger partial charge on any atom is 0.254 e. The van der Waals surface area contributed by atoms with E-state index in [1.54, 1.807) is 6.07 Å². The predicted octanol–water partition coefficient (Wildman–Crippen LogP) is 2.62. The molecule has 0 bridgehead atoms. The summed E-state index contributed by atoms with van der Waals surface area (Å²) in [6.45, 7) is 0. The molecule has 0 spiro atoms. The Bertz CT molecular complexity index is 445. The van der Waals surface area contributed by atoms with Crippen LogP contribution >= 0.6 is 15.9 Å². The van der Waals surface area contributed by atoms with Gasteiger partial charge >= 0.3 is 0 Å². The summed E-state index contributed by atoms with van der Waals surface area (Å²) in [6, 6.07) is 4.33. The molecule has 0 aromatic heterocycles. The molecule has 0 aliphatic heterocycles. The van der Waals surface area contributed by atoms with Crippen molar-refractivity contribution in [3.63, 3.8) is 0 Å². The molecule has 1 amide bonds. The molecule has 98 valence electrons. The smallest absolute Gasteiger partial charge is 0.254 e. The van der Waals surface area contributed by atoms with Crippen LogP contribution in [0, 0.1) is 5.82 Å². The van der Waals surface area contributed by atoms with E-state index in [0.717, 1.165) is 12.8 Å². The van der Waals surface area contributed by atoms with Gasteiger partial charge in [0.05, 0.1) is 11.7 Å². The largest absolute Gasteiger partial charge is 0.393 e. The summed E-state index contributed by atoms with van der Waals surface area (Å²) in [5.41, 5.74) is 0.0514. The predicted molar refractivity (Wildman–Crippen MR) is 69.8 cm³/mol. The van der Waals surface area contributed by atoms with Gasteiger partial charge in [-0.2, -0.15) is 0 Å². The van der Waals surface area contributed by atoms with Crippen molar-refractivity contribution in [2.75, 3.05) is 0 Å². The number of hydrogen-bond donors (Lipinski definition) is 2. The summed E-state index contributed by atoms with van der Waals surface area (Å²) in [4.78, 5) is 11.9. The zero-order valence-electron chi connectivity index (χ0n) is 9.83. The maximum absolute atomic E-state index is 13.5. The Balaban J connectivity index is 2.01. The van der Waals surface area contributed by atoms with Crippen LogP contribution in [-0.2, 0) is 0 Å². The lowest BCUT2D eigenvalue weighted by Gasteiger charge is -2.26. The zero-order valence-corrected chi connectivity index (χ0v) is 11.4. The third kappa shape index (κ3) is 3.29. The quantitative estimate of drug-likeness (QED) is 0.881. The first-order chi connectivity index (χ1) is 8.56. The minimum Gasteiger partial charge on any atom is -0.393 e. The third-order valence-electron chi connectivity index (χ3n) is 3.20. The minimum atomic E-state index is -0.522. The van der Waals surface area contributed by atoms with Crippen LogP contribution in [0.3, 0.4) is 0 Å². The monoisotopic (exact) mass is 315 g/mol. The van der Waals surface area contributed by atoms with Crippen LogP contribution in [0.2, 0.25) is 0 Å². The van der Waals surface area contributed by atoms with Gasteiger partial charge in [-0.15, -0.1) is 0 Å². The van der Waals surface area contributed by atoms with Gasteiger partial charge in [-0.25, -0.2) is 4.39 Å². The molecule has 18 heavy (non-hydrogen) atoms. The normalized spacial score (nSPS) is 23.7. The van der Waals surface area contributed by atoms with Gasteiger partial charge in [-0.05, 0) is 43.9 Å². The van der Waals surface area contributed by atoms with E-state index >= 15 is 0 Å². The van der Waals surface area contributed by atoms with Gasteiger partial charge in [0.1, 0.15) is 5.82 Å². The minimum absolute atomic E-state index is 0.0271. The zero-order chi connectivity index (χ0) is 13.1. The topological polar surface area (TPSA) is 49.3 Å². The van der Waals surface area contributed by atoms with Gasteiger partial charge in [0, 0.05) is 10.5 Å². The number of carbonyl (C=O) groups excluding carboxylic acids is 1. The average Bonchev–Trinajstić information content (AvgIpc) is 2.35. The molecule has 1 aromatic rings. The summed E-state index contributed by atoms with van der Waals surface area (Å²) < 4.78 is 14.2. The molecule has 1 fully saturated rings. The second-order valence-corrected chi connectivity index (χ2v) is 5.52. The van der Waals surface area contributed by atoms with Crippen LogP contribution in [0.5, 0.6) is 0 Å². The van der Waals surface area contributed by atoms with E-state index in [0.29, 0.717) is 17.3 Å². The van der Waals surface area contributed by atoms with Crippen molar-refractivity contribution in [3.05, 3.63) is 34.1 Å². The first-order valence-corrected chi connectivity index (χ1v) is 6.79. The summed E-state index contributed by atoms with van der Waals surface area (Å²) >= 11 is 3.22. The number of nitrogens with one attached hydrogen (secondary N) is 1. The molecule has 5 heteroatoms. The number of benzene rings is 1. The Labute approximate surface area is 114 Å². The molecule has 3 nitrogen and oxygen atoms in total. The van der Waals surface area contributed by atoms with E-state index in [4.69, 9.17) is 0 Å². The highest BCUT2D eigenvalue weighted by molar-refractivity contribution is 9.10. The lowest BCUT2D eigenvalue weighted by atomic mass is 9.93. The van der Waals surface area contributed by atoms with Crippen molar-refractivity contribution in [2.45, 2.75) is 37.8 Å². The molecule has 1 saturated carbocycles. The summed E-state index contributed by atoms with van der Waals surface area (Å²) in [7, 11) is 0. The Morgan fingerprint density at radius 3 is 2.67 bits per heavy atom. The molecule has 0 atom stereocenters. The Morgan fingerprint density at radius 1 is 1.33 bits per heavy atom. The van der Waals surface area contributed by atoms with Crippen molar-refractivity contribution < 1.29 is 14.3 Å². The van der Waals surface area contributed by atoms with Crippen LogP contribution < -0.4 is 5.32 Å². The molecule has 0 saturated heterocycles. The highest BCUT2D eigenvalue weighted by atomic mass is 79.9. The van der Waals surface area contributed by atoms with Crippen LogP contribution in [-0.4, -0.2) is 23.2 Å². The molecular formula is C13H15BrFNO2. The number of carbonyl (C=O) groups is 1. The molecule has 2 rings (SSSR count). The van der Waals surface area contributed by atoms with Crippen molar-refractivity contribution >= 4 is 21.8 Å². The number of hydrogen-bond acceptors (Lipinski definition) is 2. The molecule has 1 aromatic carbocycles. The fourth-order valence-corrected chi connectivity index (χ4v) is 2.52. The molecule has 2 N–H and O–H groups in total. The lowest BCUT2D eigenvalue weighted by molar-refractivity contribution is 0.0864. The maximum atomic E-state index is 13.5. The molecule has 1 aliphatic carbocycles. The number of aliphatic hydroxyl groups excluding tert-OH is 1. The number of aliphatic hydroxyl groups is 1. The van der Waals surface area contributed by atoms with Gasteiger partial charge in [0.25, 0.3) is 5.91 Å². The molecule has 0 heterocycles. The second kappa shape index (κ2) is 5.80. The van der Waals surface area contributed by atoms with E-state index in [1.807, 2.05) is 0 Å². The van der Waals surface area contributed by atoms with E-state index in [9.17, 15) is 14.3 Å². The van der Waals surface area contributed by atoms with E-state index in [1.165, 1.54) is 12.1 Å². The van der Waals surface area contributed by atoms with Crippen molar-refractivity contribution in [2.24, 2.45) is 0 Å². The second-order valence-electron chi connectivity index (χ2n) is 4.60. The van der Waals surface area contributed by atoms with E-state index in [-0.39, 0.29) is 17.7 Å². The first-order valence-electron chi connectivity index (χ1n) is 6.00. The summed E-state index contributed by atoms with van der Waals surface area (Å²) in [5.74, 6) is -0.915. The molecule has 0 unspecified atom stereocenters. The van der Waals surface area contributed by atoms with Gasteiger partial charge < -0.3 is 10.4 Å². The summed E-state index contributed by atoms with van der Waals surface area (Å²) in [5, 5.41) is 12.2. The number of rotatable bonds is 2. The van der Waals surface area contributed by atoms with Crippen LogP contribution in [0.15, 0.2) is 22.7 Å². The van der Waals surface area contributed by atoms with Gasteiger partial charge in [0.2, 0.25) is 0 Å². The van der Waals surface area contributed by atoms with Crippen molar-refractivity contribution in [3.8, 4) is 0 Å². The first kappa shape index (κ1) is 13.5. The van der Waals surface area contributed by atoms with Gasteiger partial charge in [0.15, 0.2) is 0 Å². The average molecular weight is 316 g/mol.